The van der Waals surface area contributed by atoms with Crippen LogP contribution in [0.15, 0.2) is 11.4 Å². The Balaban J connectivity index is 1.78. The molecule has 3 nitrogen and oxygen atoms in total. The molecule has 2 aliphatic rings. The van der Waals surface area contributed by atoms with E-state index in [1.165, 1.54) is 16.9 Å². The Morgan fingerprint density at radius 2 is 2.25 bits per heavy atom. The fourth-order valence-electron chi connectivity index (χ4n) is 3.73. The van der Waals surface area contributed by atoms with Gasteiger partial charge in [-0.25, -0.2) is 0 Å². The minimum atomic E-state index is 0.114. The van der Waals surface area contributed by atoms with Crippen LogP contribution in [-0.4, -0.2) is 29.9 Å². The van der Waals surface area contributed by atoms with E-state index >= 15 is 0 Å². The van der Waals surface area contributed by atoms with Crippen LogP contribution in [0.1, 0.15) is 54.9 Å². The van der Waals surface area contributed by atoms with Crippen molar-refractivity contribution in [3.8, 4) is 0 Å². The van der Waals surface area contributed by atoms with Crippen LogP contribution < -0.4 is 5.73 Å². The summed E-state index contributed by atoms with van der Waals surface area (Å²) in [6, 6.07) is 2.55. The van der Waals surface area contributed by atoms with E-state index in [9.17, 15) is 4.79 Å². The third-order valence-corrected chi connectivity index (χ3v) is 5.76. The van der Waals surface area contributed by atoms with Crippen molar-refractivity contribution < 1.29 is 4.79 Å². The van der Waals surface area contributed by atoms with Gasteiger partial charge in [0.05, 0.1) is 5.92 Å². The lowest BCUT2D eigenvalue weighted by Gasteiger charge is -2.38. The zero-order valence-corrected chi connectivity index (χ0v) is 12.8. The highest BCUT2D eigenvalue weighted by atomic mass is 32.1. The Kier molecular flexibility index (Phi) is 4.41. The molecule has 2 N–H and O–H groups in total. The Labute approximate surface area is 125 Å². The first-order valence-corrected chi connectivity index (χ1v) is 8.76. The topological polar surface area (TPSA) is 46.3 Å². The van der Waals surface area contributed by atoms with E-state index in [1.807, 2.05) is 11.3 Å². The lowest BCUT2D eigenvalue weighted by Crippen LogP contribution is -2.47. The molecule has 0 saturated carbocycles. The zero-order valence-electron chi connectivity index (χ0n) is 12.0. The molecule has 1 aliphatic carbocycles. The average molecular weight is 292 g/mol. The van der Waals surface area contributed by atoms with Gasteiger partial charge in [-0.3, -0.25) is 4.79 Å². The van der Waals surface area contributed by atoms with E-state index in [0.29, 0.717) is 18.5 Å². The molecule has 1 aromatic rings. The molecular formula is C16H24N2OS. The standard InChI is InChI=1S/C16H24N2OS/c17-9-7-12-4-1-2-10-18(12)16(19)14-5-3-6-15-13(14)8-11-20-15/h8,11-12,14H,1-7,9-10,17H2. The summed E-state index contributed by atoms with van der Waals surface area (Å²) in [7, 11) is 0. The van der Waals surface area contributed by atoms with Crippen LogP contribution in [0, 0.1) is 0 Å². The number of fused-ring (bicyclic) bond motifs is 1. The molecule has 0 spiro atoms. The Morgan fingerprint density at radius 1 is 1.35 bits per heavy atom. The number of aryl methyl sites for hydroxylation is 1. The monoisotopic (exact) mass is 292 g/mol. The van der Waals surface area contributed by atoms with E-state index < -0.39 is 0 Å². The molecule has 1 aromatic heterocycles. The fourth-order valence-corrected chi connectivity index (χ4v) is 4.71. The number of nitrogens with two attached hydrogens (primary N) is 1. The SMILES string of the molecule is NCCC1CCCCN1C(=O)C1CCCc2sccc21. The number of amides is 1. The summed E-state index contributed by atoms with van der Waals surface area (Å²) in [4.78, 5) is 16.6. The van der Waals surface area contributed by atoms with Crippen LogP contribution in [0.4, 0.5) is 0 Å². The Morgan fingerprint density at radius 3 is 3.10 bits per heavy atom. The average Bonchev–Trinajstić information content (AvgIpc) is 2.96. The number of carbonyl (C=O) groups excluding carboxylic acids is 1. The van der Waals surface area contributed by atoms with Crippen molar-refractivity contribution in [3.63, 3.8) is 0 Å². The first-order chi connectivity index (χ1) is 9.81. The molecule has 3 rings (SSSR count). The third kappa shape index (κ3) is 2.63. The molecule has 0 radical (unpaired) electrons. The van der Waals surface area contributed by atoms with Crippen LogP contribution in [0.3, 0.4) is 0 Å². The van der Waals surface area contributed by atoms with Crippen molar-refractivity contribution in [2.75, 3.05) is 13.1 Å². The summed E-state index contributed by atoms with van der Waals surface area (Å²) in [5.74, 6) is 0.478. The van der Waals surface area contributed by atoms with Crippen molar-refractivity contribution in [2.45, 2.75) is 56.9 Å². The number of piperidine rings is 1. The predicted molar refractivity (Wildman–Crippen MR) is 83.0 cm³/mol. The number of hydrogen-bond acceptors (Lipinski definition) is 3. The van der Waals surface area contributed by atoms with Gasteiger partial charge in [-0.1, -0.05) is 0 Å². The molecule has 110 valence electrons. The molecule has 2 unspecified atom stereocenters. The van der Waals surface area contributed by atoms with E-state index in [0.717, 1.165) is 45.1 Å². The fraction of sp³-hybridized carbons (Fsp3) is 0.688. The van der Waals surface area contributed by atoms with Gasteiger partial charge < -0.3 is 10.6 Å². The maximum absolute atomic E-state index is 13.0. The van der Waals surface area contributed by atoms with Crippen LogP contribution >= 0.6 is 11.3 Å². The van der Waals surface area contributed by atoms with Gasteiger partial charge in [-0.15, -0.1) is 11.3 Å². The molecule has 4 heteroatoms. The lowest BCUT2D eigenvalue weighted by atomic mass is 9.85. The smallest absolute Gasteiger partial charge is 0.230 e. The number of hydrogen-bond donors (Lipinski definition) is 1. The largest absolute Gasteiger partial charge is 0.339 e. The summed E-state index contributed by atoms with van der Waals surface area (Å²) in [6.45, 7) is 1.61. The first-order valence-electron chi connectivity index (χ1n) is 7.88. The van der Waals surface area contributed by atoms with Crippen molar-refractivity contribution in [3.05, 3.63) is 21.9 Å². The quantitative estimate of drug-likeness (QED) is 0.931. The maximum Gasteiger partial charge on any atom is 0.230 e. The Bertz CT molecular complexity index is 469. The first kappa shape index (κ1) is 14.1. The van der Waals surface area contributed by atoms with Crippen LogP contribution in [0.25, 0.3) is 0 Å². The molecule has 0 aromatic carbocycles. The number of thiophene rings is 1. The molecule has 2 heterocycles. The van der Waals surface area contributed by atoms with E-state index in [4.69, 9.17) is 5.73 Å². The summed E-state index contributed by atoms with van der Waals surface area (Å²) >= 11 is 1.81. The summed E-state index contributed by atoms with van der Waals surface area (Å²) in [5.41, 5.74) is 7.03. The second-order valence-corrected chi connectivity index (χ2v) is 7.00. The van der Waals surface area contributed by atoms with E-state index in [2.05, 4.69) is 16.3 Å². The lowest BCUT2D eigenvalue weighted by molar-refractivity contribution is -0.137. The second-order valence-electron chi connectivity index (χ2n) is 6.00. The van der Waals surface area contributed by atoms with E-state index in [-0.39, 0.29) is 5.92 Å². The van der Waals surface area contributed by atoms with Gasteiger partial charge in [0, 0.05) is 17.5 Å². The van der Waals surface area contributed by atoms with Crippen molar-refractivity contribution in [1.82, 2.24) is 4.90 Å². The molecule has 1 fully saturated rings. The number of carbonyl (C=O) groups is 1. The van der Waals surface area contributed by atoms with Gasteiger partial charge in [0.2, 0.25) is 5.91 Å². The summed E-state index contributed by atoms with van der Waals surface area (Å²) in [5, 5.41) is 2.14. The molecule has 20 heavy (non-hydrogen) atoms. The van der Waals surface area contributed by atoms with Gasteiger partial charge in [-0.05, 0) is 68.5 Å². The van der Waals surface area contributed by atoms with Crippen molar-refractivity contribution >= 4 is 17.2 Å². The molecule has 2 atom stereocenters. The second kappa shape index (κ2) is 6.27. The molecule has 1 aliphatic heterocycles. The van der Waals surface area contributed by atoms with E-state index in [1.54, 1.807) is 0 Å². The molecule has 1 amide bonds. The maximum atomic E-state index is 13.0. The van der Waals surface area contributed by atoms with Crippen molar-refractivity contribution in [1.29, 1.82) is 0 Å². The van der Waals surface area contributed by atoms with Crippen LogP contribution in [0.5, 0.6) is 0 Å². The highest BCUT2D eigenvalue weighted by molar-refractivity contribution is 7.10. The van der Waals surface area contributed by atoms with Gasteiger partial charge in [0.1, 0.15) is 0 Å². The summed E-state index contributed by atoms with van der Waals surface area (Å²) in [6.07, 6.45) is 7.80. The Hall–Kier alpha value is -0.870. The van der Waals surface area contributed by atoms with Gasteiger partial charge in [0.15, 0.2) is 0 Å². The predicted octanol–water partition coefficient (Wildman–Crippen LogP) is 2.90. The highest BCUT2D eigenvalue weighted by Gasteiger charge is 2.34. The van der Waals surface area contributed by atoms with Crippen LogP contribution in [-0.2, 0) is 11.2 Å². The summed E-state index contributed by atoms with van der Waals surface area (Å²) < 4.78 is 0. The number of likely N-dealkylation sites (tertiary alicyclic amines) is 1. The number of nitrogens with zero attached hydrogens (tertiary/aromatic N) is 1. The van der Waals surface area contributed by atoms with Gasteiger partial charge in [-0.2, -0.15) is 0 Å². The molecular weight excluding hydrogens is 268 g/mol. The van der Waals surface area contributed by atoms with Gasteiger partial charge in [0.25, 0.3) is 0 Å². The zero-order chi connectivity index (χ0) is 13.9. The minimum absolute atomic E-state index is 0.114. The highest BCUT2D eigenvalue weighted by Crippen LogP contribution is 2.37. The normalized spacial score (nSPS) is 26.4. The molecule has 0 bridgehead atoms. The van der Waals surface area contributed by atoms with Crippen LogP contribution in [0.2, 0.25) is 0 Å². The number of rotatable bonds is 3. The minimum Gasteiger partial charge on any atom is -0.339 e. The van der Waals surface area contributed by atoms with Crippen molar-refractivity contribution in [2.24, 2.45) is 5.73 Å². The molecule has 1 saturated heterocycles. The van der Waals surface area contributed by atoms with Gasteiger partial charge >= 0.3 is 0 Å². The third-order valence-electron chi connectivity index (χ3n) is 4.76.